The van der Waals surface area contributed by atoms with Crippen molar-refractivity contribution in [2.75, 3.05) is 49.4 Å². The van der Waals surface area contributed by atoms with Crippen molar-refractivity contribution >= 4 is 34.6 Å². The first-order chi connectivity index (χ1) is 14.7. The van der Waals surface area contributed by atoms with Gasteiger partial charge >= 0.3 is 0 Å². The first-order valence-electron chi connectivity index (χ1n) is 9.81. The summed E-state index contributed by atoms with van der Waals surface area (Å²) in [6.07, 6.45) is 2.02. The van der Waals surface area contributed by atoms with Crippen LogP contribution in [0.25, 0.3) is 5.65 Å². The molecule has 5 rings (SSSR count). The van der Waals surface area contributed by atoms with E-state index in [1.54, 1.807) is 17.8 Å². The van der Waals surface area contributed by atoms with Gasteiger partial charge in [0.15, 0.2) is 17.1 Å². The van der Waals surface area contributed by atoms with Crippen LogP contribution in [0.4, 0.5) is 23.0 Å². The molecule has 0 radical (unpaired) electrons. The third-order valence-electron chi connectivity index (χ3n) is 5.01. The van der Waals surface area contributed by atoms with Crippen molar-refractivity contribution in [3.63, 3.8) is 0 Å². The minimum atomic E-state index is -0.0768. The normalized spacial score (nSPS) is 15.5. The van der Waals surface area contributed by atoms with E-state index in [1.807, 2.05) is 24.3 Å². The van der Waals surface area contributed by atoms with Crippen LogP contribution in [0.5, 0.6) is 11.5 Å². The predicted octanol–water partition coefficient (Wildman–Crippen LogP) is 2.26. The molecule has 156 valence electrons. The van der Waals surface area contributed by atoms with Crippen molar-refractivity contribution in [3.8, 4) is 11.5 Å². The van der Waals surface area contributed by atoms with Crippen LogP contribution >= 0.6 is 0 Å². The number of nitrogens with one attached hydrogen (secondary N) is 3. The van der Waals surface area contributed by atoms with Gasteiger partial charge in [-0.05, 0) is 12.1 Å². The lowest BCUT2D eigenvalue weighted by molar-refractivity contribution is -0.121. The van der Waals surface area contributed by atoms with E-state index in [2.05, 4.69) is 26.0 Å². The van der Waals surface area contributed by atoms with Gasteiger partial charge < -0.3 is 30.2 Å². The molecule has 1 saturated heterocycles. The van der Waals surface area contributed by atoms with Crippen molar-refractivity contribution < 1.29 is 19.0 Å². The molecule has 10 nitrogen and oxygen atoms in total. The summed E-state index contributed by atoms with van der Waals surface area (Å²) in [5.74, 6) is 2.85. The van der Waals surface area contributed by atoms with Crippen molar-refractivity contribution in [1.82, 2.24) is 14.6 Å². The van der Waals surface area contributed by atoms with Crippen LogP contribution in [-0.2, 0) is 9.53 Å². The summed E-state index contributed by atoms with van der Waals surface area (Å²) in [6.45, 7) is 2.28. The molecule has 0 unspecified atom stereocenters. The Balaban J connectivity index is 1.45. The number of hydrogen-bond acceptors (Lipinski definition) is 8. The zero-order chi connectivity index (χ0) is 20.5. The number of para-hydroxylation sites is 1. The zero-order valence-corrected chi connectivity index (χ0v) is 16.5. The first-order valence-corrected chi connectivity index (χ1v) is 9.81. The van der Waals surface area contributed by atoms with E-state index in [-0.39, 0.29) is 11.8 Å². The Morgan fingerprint density at radius 2 is 2.10 bits per heavy atom. The maximum Gasteiger partial charge on any atom is 0.224 e. The van der Waals surface area contributed by atoms with Crippen LogP contribution in [0.3, 0.4) is 0 Å². The van der Waals surface area contributed by atoms with Crippen molar-refractivity contribution in [2.45, 2.75) is 6.42 Å². The van der Waals surface area contributed by atoms with Gasteiger partial charge in [-0.25, -0.2) is 4.98 Å². The third kappa shape index (κ3) is 3.45. The first kappa shape index (κ1) is 18.5. The fourth-order valence-corrected chi connectivity index (χ4v) is 3.47. The number of ether oxygens (including phenoxy) is 3. The molecule has 4 heterocycles. The van der Waals surface area contributed by atoms with E-state index >= 15 is 0 Å². The minimum Gasteiger partial charge on any atom is -0.486 e. The lowest BCUT2D eigenvalue weighted by atomic mass is 10.0. The summed E-state index contributed by atoms with van der Waals surface area (Å²) in [4.78, 5) is 17.0. The van der Waals surface area contributed by atoms with Gasteiger partial charge in [0.05, 0.1) is 25.1 Å². The smallest absolute Gasteiger partial charge is 0.224 e. The largest absolute Gasteiger partial charge is 0.486 e. The highest BCUT2D eigenvalue weighted by molar-refractivity contribution is 5.94. The Bertz CT molecular complexity index is 1090. The Hall–Kier alpha value is -3.53. The average molecular weight is 410 g/mol. The van der Waals surface area contributed by atoms with Crippen LogP contribution in [0, 0.1) is 5.92 Å². The summed E-state index contributed by atoms with van der Waals surface area (Å²) in [6, 6.07) is 7.49. The molecule has 2 aliphatic rings. The number of carbonyl (C=O) groups is 1. The number of amides is 1. The van der Waals surface area contributed by atoms with Crippen molar-refractivity contribution in [1.29, 1.82) is 0 Å². The van der Waals surface area contributed by atoms with Crippen LogP contribution in [0.15, 0.2) is 30.5 Å². The number of hydrogen-bond donors (Lipinski definition) is 3. The average Bonchev–Trinajstić information content (AvgIpc) is 3.13. The highest BCUT2D eigenvalue weighted by Gasteiger charge is 2.23. The molecule has 10 heteroatoms. The van der Waals surface area contributed by atoms with Gasteiger partial charge in [-0.3, -0.25) is 4.79 Å². The third-order valence-corrected chi connectivity index (χ3v) is 5.01. The Kier molecular flexibility index (Phi) is 4.75. The number of aromatic nitrogens is 3. The van der Waals surface area contributed by atoms with Crippen molar-refractivity contribution in [3.05, 3.63) is 30.5 Å². The van der Waals surface area contributed by atoms with Crippen LogP contribution in [0.2, 0.25) is 0 Å². The molecular weight excluding hydrogens is 388 g/mol. The molecule has 0 saturated carbocycles. The lowest BCUT2D eigenvalue weighted by Gasteiger charge is -2.24. The van der Waals surface area contributed by atoms with Gasteiger partial charge in [0.1, 0.15) is 30.5 Å². The van der Waals surface area contributed by atoms with Crippen LogP contribution in [0.1, 0.15) is 6.42 Å². The Morgan fingerprint density at radius 1 is 1.23 bits per heavy atom. The molecule has 1 fully saturated rings. The highest BCUT2D eigenvalue weighted by atomic mass is 16.6. The van der Waals surface area contributed by atoms with E-state index < -0.39 is 0 Å². The summed E-state index contributed by atoms with van der Waals surface area (Å²) in [7, 11) is 1.80. The van der Waals surface area contributed by atoms with E-state index in [1.165, 1.54) is 0 Å². The maximum absolute atomic E-state index is 12.4. The second-order valence-electron chi connectivity index (χ2n) is 7.18. The molecule has 0 spiro atoms. The van der Waals surface area contributed by atoms with Gasteiger partial charge in [-0.1, -0.05) is 6.07 Å². The Labute approximate surface area is 172 Å². The molecule has 2 aliphatic heterocycles. The van der Waals surface area contributed by atoms with E-state index in [0.29, 0.717) is 61.5 Å². The SMILES string of the molecule is CNc1cc(Nc2cccc3c2OCCO3)nc2c(NC(=O)CC3COC3)cnn12. The summed E-state index contributed by atoms with van der Waals surface area (Å²) in [5.41, 5.74) is 1.83. The molecule has 0 bridgehead atoms. The molecule has 0 aliphatic carbocycles. The molecule has 0 atom stereocenters. The monoisotopic (exact) mass is 410 g/mol. The number of fused-ring (bicyclic) bond motifs is 2. The van der Waals surface area contributed by atoms with E-state index in [4.69, 9.17) is 14.2 Å². The van der Waals surface area contributed by atoms with E-state index in [9.17, 15) is 4.79 Å². The summed E-state index contributed by atoms with van der Waals surface area (Å²) >= 11 is 0. The lowest BCUT2D eigenvalue weighted by Crippen LogP contribution is -2.31. The number of anilines is 4. The Morgan fingerprint density at radius 3 is 2.90 bits per heavy atom. The topological polar surface area (TPSA) is 111 Å². The number of rotatable bonds is 6. The number of nitrogens with zero attached hydrogens (tertiary/aromatic N) is 3. The highest BCUT2D eigenvalue weighted by Crippen LogP contribution is 2.38. The summed E-state index contributed by atoms with van der Waals surface area (Å²) in [5, 5.41) is 13.7. The second-order valence-corrected chi connectivity index (χ2v) is 7.18. The van der Waals surface area contributed by atoms with Crippen molar-refractivity contribution in [2.24, 2.45) is 5.92 Å². The predicted molar refractivity (Wildman–Crippen MR) is 111 cm³/mol. The number of benzene rings is 1. The fraction of sp³-hybridized carbons (Fsp3) is 0.350. The van der Waals surface area contributed by atoms with Crippen LogP contribution < -0.4 is 25.4 Å². The molecule has 3 N–H and O–H groups in total. The van der Waals surface area contributed by atoms with Gasteiger partial charge in [-0.2, -0.15) is 9.61 Å². The van der Waals surface area contributed by atoms with E-state index in [0.717, 1.165) is 11.5 Å². The van der Waals surface area contributed by atoms with Gasteiger partial charge in [0, 0.05) is 25.5 Å². The zero-order valence-electron chi connectivity index (χ0n) is 16.5. The minimum absolute atomic E-state index is 0.0768. The molecule has 3 aromatic rings. The van der Waals surface area contributed by atoms with Gasteiger partial charge in [-0.15, -0.1) is 0 Å². The van der Waals surface area contributed by atoms with Crippen LogP contribution in [-0.4, -0.2) is 54.0 Å². The second kappa shape index (κ2) is 7.71. The standard InChI is InChI=1S/C20H22N6O4/c1-21-17-8-16(23-13-3-2-4-15-19(13)30-6-5-29-15)25-20-14(9-22-26(17)20)24-18(27)7-12-10-28-11-12/h2-4,8-9,12,21H,5-7,10-11H2,1H3,(H,23,25)(H,24,27). The summed E-state index contributed by atoms with van der Waals surface area (Å²) < 4.78 is 18.2. The fourth-order valence-electron chi connectivity index (χ4n) is 3.47. The molecule has 1 aromatic carbocycles. The molecular formula is C20H22N6O4. The number of carbonyl (C=O) groups excluding carboxylic acids is 1. The van der Waals surface area contributed by atoms with Gasteiger partial charge in [0.2, 0.25) is 5.91 Å². The quantitative estimate of drug-likeness (QED) is 0.568. The van der Waals surface area contributed by atoms with Gasteiger partial charge in [0.25, 0.3) is 0 Å². The maximum atomic E-state index is 12.4. The molecule has 30 heavy (non-hydrogen) atoms. The molecule has 2 aromatic heterocycles. The molecule has 1 amide bonds.